The van der Waals surface area contributed by atoms with E-state index in [1.165, 1.54) is 11.0 Å². The number of carbonyl (C=O) groups excluding carboxylic acids is 2. The maximum Gasteiger partial charge on any atom is 0.272 e. The zero-order valence-electron chi connectivity index (χ0n) is 14.7. The molecular weight excluding hydrogens is 358 g/mol. The standard InChI is InChI=1S/C17H23N3O5S/c1-20(12-7-9-26(23,24)11-12)17(22)15-6-2-5-14(19-15)16(21)18-10-13-4-3-8-25-13/h2,5-6,12-13H,3-4,7-11H2,1H3,(H,18,21). The molecule has 2 fully saturated rings. The summed E-state index contributed by atoms with van der Waals surface area (Å²) >= 11 is 0. The van der Waals surface area contributed by atoms with E-state index in [0.29, 0.717) is 19.6 Å². The summed E-state index contributed by atoms with van der Waals surface area (Å²) in [6.45, 7) is 1.13. The van der Waals surface area contributed by atoms with Gasteiger partial charge in [0.1, 0.15) is 11.4 Å². The zero-order valence-corrected chi connectivity index (χ0v) is 15.5. The largest absolute Gasteiger partial charge is 0.376 e. The summed E-state index contributed by atoms with van der Waals surface area (Å²) in [4.78, 5) is 30.4. The molecule has 3 rings (SSSR count). The summed E-state index contributed by atoms with van der Waals surface area (Å²) in [6, 6.07) is 4.31. The van der Waals surface area contributed by atoms with E-state index in [4.69, 9.17) is 4.74 Å². The summed E-state index contributed by atoms with van der Waals surface area (Å²) < 4.78 is 28.7. The molecule has 0 saturated carbocycles. The number of rotatable bonds is 5. The topological polar surface area (TPSA) is 106 Å². The second-order valence-corrected chi connectivity index (χ2v) is 8.95. The molecule has 0 radical (unpaired) electrons. The Bertz CT molecular complexity index is 789. The van der Waals surface area contributed by atoms with Crippen LogP contribution in [-0.4, -0.2) is 74.0 Å². The number of sulfone groups is 1. The Labute approximate surface area is 152 Å². The van der Waals surface area contributed by atoms with Crippen LogP contribution in [0.3, 0.4) is 0 Å². The maximum absolute atomic E-state index is 12.6. The number of nitrogens with zero attached hydrogens (tertiary/aromatic N) is 2. The molecule has 2 amide bonds. The molecule has 2 aliphatic heterocycles. The second kappa shape index (κ2) is 7.71. The minimum atomic E-state index is -3.08. The van der Waals surface area contributed by atoms with Crippen LogP contribution in [0, 0.1) is 0 Å². The smallest absolute Gasteiger partial charge is 0.272 e. The van der Waals surface area contributed by atoms with E-state index in [1.54, 1.807) is 19.2 Å². The van der Waals surface area contributed by atoms with E-state index < -0.39 is 9.84 Å². The van der Waals surface area contributed by atoms with E-state index in [1.807, 2.05) is 0 Å². The Morgan fingerprint density at radius 3 is 2.73 bits per heavy atom. The van der Waals surface area contributed by atoms with Crippen LogP contribution in [0.2, 0.25) is 0 Å². The van der Waals surface area contributed by atoms with Crippen molar-refractivity contribution in [3.63, 3.8) is 0 Å². The van der Waals surface area contributed by atoms with Crippen molar-refractivity contribution in [2.45, 2.75) is 31.4 Å². The minimum absolute atomic E-state index is 0.0270. The molecular formula is C17H23N3O5S. The Kier molecular flexibility index (Phi) is 5.57. The fraction of sp³-hybridized carbons (Fsp3) is 0.588. The molecule has 26 heavy (non-hydrogen) atoms. The van der Waals surface area contributed by atoms with Gasteiger partial charge in [-0.25, -0.2) is 13.4 Å². The normalized spacial score (nSPS) is 24.3. The highest BCUT2D eigenvalue weighted by molar-refractivity contribution is 7.91. The Morgan fingerprint density at radius 1 is 1.31 bits per heavy atom. The quantitative estimate of drug-likeness (QED) is 0.784. The second-order valence-electron chi connectivity index (χ2n) is 6.73. The van der Waals surface area contributed by atoms with Gasteiger partial charge in [0.15, 0.2) is 9.84 Å². The number of ether oxygens (including phenoxy) is 1. The summed E-state index contributed by atoms with van der Waals surface area (Å²) in [5, 5.41) is 2.77. The van der Waals surface area contributed by atoms with Crippen molar-refractivity contribution in [1.82, 2.24) is 15.2 Å². The predicted octanol–water partition coefficient (Wildman–Crippen LogP) is 0.250. The van der Waals surface area contributed by atoms with Crippen LogP contribution in [0.4, 0.5) is 0 Å². The lowest BCUT2D eigenvalue weighted by Crippen LogP contribution is -2.38. The molecule has 2 aliphatic rings. The van der Waals surface area contributed by atoms with Gasteiger partial charge in [-0.3, -0.25) is 9.59 Å². The first-order chi connectivity index (χ1) is 12.4. The van der Waals surface area contributed by atoms with Gasteiger partial charge in [-0.15, -0.1) is 0 Å². The van der Waals surface area contributed by atoms with Crippen LogP contribution >= 0.6 is 0 Å². The van der Waals surface area contributed by atoms with Gasteiger partial charge >= 0.3 is 0 Å². The Balaban J connectivity index is 1.64. The van der Waals surface area contributed by atoms with Crippen molar-refractivity contribution in [3.8, 4) is 0 Å². The molecule has 2 atom stereocenters. The number of amides is 2. The lowest BCUT2D eigenvalue weighted by Gasteiger charge is -2.23. The molecule has 0 aromatic carbocycles. The van der Waals surface area contributed by atoms with Gasteiger partial charge in [-0.05, 0) is 31.4 Å². The molecule has 1 aromatic rings. The van der Waals surface area contributed by atoms with Gasteiger partial charge in [-0.1, -0.05) is 6.07 Å². The first-order valence-corrected chi connectivity index (χ1v) is 10.5. The monoisotopic (exact) mass is 381 g/mol. The molecule has 0 aliphatic carbocycles. The predicted molar refractivity (Wildman–Crippen MR) is 94.7 cm³/mol. The van der Waals surface area contributed by atoms with Gasteiger partial charge < -0.3 is 15.0 Å². The number of pyridine rings is 1. The van der Waals surface area contributed by atoms with Gasteiger partial charge in [-0.2, -0.15) is 0 Å². The number of hydrogen-bond acceptors (Lipinski definition) is 6. The van der Waals surface area contributed by atoms with Crippen molar-refractivity contribution in [3.05, 3.63) is 29.6 Å². The average Bonchev–Trinajstić information content (AvgIpc) is 3.27. The minimum Gasteiger partial charge on any atom is -0.376 e. The van der Waals surface area contributed by atoms with Crippen molar-refractivity contribution in [1.29, 1.82) is 0 Å². The highest BCUT2D eigenvalue weighted by atomic mass is 32.2. The highest BCUT2D eigenvalue weighted by Gasteiger charge is 2.33. The summed E-state index contributed by atoms with van der Waals surface area (Å²) in [5.41, 5.74) is 0.280. The zero-order chi connectivity index (χ0) is 18.7. The third kappa shape index (κ3) is 4.39. The molecule has 3 heterocycles. The lowest BCUT2D eigenvalue weighted by molar-refractivity contribution is 0.0741. The van der Waals surface area contributed by atoms with Crippen molar-refractivity contribution in [2.24, 2.45) is 0 Å². The summed E-state index contributed by atoms with van der Waals surface area (Å²) in [6.07, 6.45) is 2.36. The van der Waals surface area contributed by atoms with Crippen LogP contribution in [0.15, 0.2) is 18.2 Å². The third-order valence-electron chi connectivity index (χ3n) is 4.79. The number of nitrogens with one attached hydrogen (secondary N) is 1. The number of hydrogen-bond donors (Lipinski definition) is 1. The lowest BCUT2D eigenvalue weighted by atomic mass is 10.2. The van der Waals surface area contributed by atoms with Crippen molar-refractivity contribution in [2.75, 3.05) is 31.7 Å². The molecule has 2 unspecified atom stereocenters. The average molecular weight is 381 g/mol. The van der Waals surface area contributed by atoms with E-state index >= 15 is 0 Å². The summed E-state index contributed by atoms with van der Waals surface area (Å²) in [5.74, 6) is -0.687. The van der Waals surface area contributed by atoms with E-state index in [0.717, 1.165) is 12.8 Å². The van der Waals surface area contributed by atoms with E-state index in [9.17, 15) is 18.0 Å². The Hall–Kier alpha value is -2.00. The van der Waals surface area contributed by atoms with Gasteiger partial charge in [0.25, 0.3) is 11.8 Å². The SMILES string of the molecule is CN(C(=O)c1cccc(C(=O)NCC2CCCO2)n1)C1CCS(=O)(=O)C1. The van der Waals surface area contributed by atoms with E-state index in [2.05, 4.69) is 10.3 Å². The van der Waals surface area contributed by atoms with Crippen LogP contribution < -0.4 is 5.32 Å². The summed E-state index contributed by atoms with van der Waals surface area (Å²) in [7, 11) is -1.51. The molecule has 1 N–H and O–H groups in total. The van der Waals surface area contributed by atoms with Crippen LogP contribution in [0.1, 0.15) is 40.2 Å². The fourth-order valence-electron chi connectivity index (χ4n) is 3.21. The van der Waals surface area contributed by atoms with Crippen LogP contribution in [0.25, 0.3) is 0 Å². The first-order valence-electron chi connectivity index (χ1n) is 8.70. The number of carbonyl (C=O) groups is 2. The number of aromatic nitrogens is 1. The highest BCUT2D eigenvalue weighted by Crippen LogP contribution is 2.18. The molecule has 0 spiro atoms. The van der Waals surface area contributed by atoms with Crippen molar-refractivity contribution < 1.29 is 22.7 Å². The van der Waals surface area contributed by atoms with Gasteiger partial charge in [0.2, 0.25) is 0 Å². The third-order valence-corrected chi connectivity index (χ3v) is 6.54. The van der Waals surface area contributed by atoms with Crippen LogP contribution in [-0.2, 0) is 14.6 Å². The molecule has 142 valence electrons. The molecule has 9 heteroatoms. The first kappa shape index (κ1) is 18.8. The maximum atomic E-state index is 12.6. The van der Waals surface area contributed by atoms with Crippen molar-refractivity contribution >= 4 is 21.7 Å². The van der Waals surface area contributed by atoms with Gasteiger partial charge in [0, 0.05) is 26.2 Å². The molecule has 0 bridgehead atoms. The molecule has 8 nitrogen and oxygen atoms in total. The molecule has 1 aromatic heterocycles. The van der Waals surface area contributed by atoms with Crippen LogP contribution in [0.5, 0.6) is 0 Å². The van der Waals surface area contributed by atoms with E-state index in [-0.39, 0.29) is 46.9 Å². The molecule has 2 saturated heterocycles. The fourth-order valence-corrected chi connectivity index (χ4v) is 4.98. The Morgan fingerprint density at radius 2 is 2.08 bits per heavy atom. The van der Waals surface area contributed by atoms with Gasteiger partial charge in [0.05, 0.1) is 17.6 Å².